The summed E-state index contributed by atoms with van der Waals surface area (Å²) < 4.78 is 25.8. The molecule has 1 heterocycles. The van der Waals surface area contributed by atoms with Gasteiger partial charge in [0.2, 0.25) is 0 Å². The molecular weight excluding hydrogens is 425 g/mol. The minimum Gasteiger partial charge on any atom is -0.497 e. The van der Waals surface area contributed by atoms with Gasteiger partial charge < -0.3 is 20.1 Å². The lowest BCUT2D eigenvalue weighted by Gasteiger charge is -2.45. The molecule has 170 valence electrons. The molecule has 1 amide bonds. The van der Waals surface area contributed by atoms with Gasteiger partial charge in [0.15, 0.2) is 5.41 Å². The first kappa shape index (κ1) is 23.6. The fourth-order valence-electron chi connectivity index (χ4n) is 4.39. The Labute approximate surface area is 191 Å². The number of hydrogen-bond acceptors (Lipinski definition) is 7. The third-order valence-corrected chi connectivity index (χ3v) is 5.85. The number of allylic oxidation sites excluding steroid dienone is 2. The van der Waals surface area contributed by atoms with Crippen LogP contribution in [0.1, 0.15) is 32.3 Å². The third kappa shape index (κ3) is 3.97. The average molecular weight is 449 g/mol. The molecule has 1 aromatic carbocycles. The summed E-state index contributed by atoms with van der Waals surface area (Å²) in [6, 6.07) is 9.91. The summed E-state index contributed by atoms with van der Waals surface area (Å²) in [5, 5.41) is 30.0. The van der Waals surface area contributed by atoms with Gasteiger partial charge in [-0.15, -0.1) is 0 Å². The number of nitrogens with two attached hydrogens (primary N) is 1. The summed E-state index contributed by atoms with van der Waals surface area (Å²) in [6.45, 7) is 5.35. The van der Waals surface area contributed by atoms with Crippen LogP contribution in [0, 0.1) is 51.1 Å². The molecule has 2 N–H and O–H groups in total. The molecule has 0 radical (unpaired) electrons. The van der Waals surface area contributed by atoms with Crippen LogP contribution in [0.5, 0.6) is 5.75 Å². The summed E-state index contributed by atoms with van der Waals surface area (Å²) in [6.07, 6.45) is 1.05. The Bertz CT molecular complexity index is 1160. The van der Waals surface area contributed by atoms with Gasteiger partial charge in [-0.05, 0) is 50.1 Å². The Balaban J connectivity index is 2.25. The molecule has 8 nitrogen and oxygen atoms in total. The number of carbonyl (C=O) groups excluding carboxylic acids is 1. The van der Waals surface area contributed by atoms with E-state index in [1.165, 1.54) is 30.2 Å². The molecule has 33 heavy (non-hydrogen) atoms. The number of amides is 1. The lowest BCUT2D eigenvalue weighted by Crippen LogP contribution is -2.50. The van der Waals surface area contributed by atoms with Crippen LogP contribution >= 0.6 is 0 Å². The van der Waals surface area contributed by atoms with E-state index in [4.69, 9.17) is 15.2 Å². The van der Waals surface area contributed by atoms with Gasteiger partial charge in [0, 0.05) is 24.9 Å². The summed E-state index contributed by atoms with van der Waals surface area (Å²) in [5.41, 5.74) is 3.76. The zero-order valence-electron chi connectivity index (χ0n) is 18.8. The lowest BCUT2D eigenvalue weighted by atomic mass is 9.58. The Morgan fingerprint density at radius 3 is 2.48 bits per heavy atom. The van der Waals surface area contributed by atoms with E-state index >= 15 is 4.39 Å². The second-order valence-electron chi connectivity index (χ2n) is 8.95. The van der Waals surface area contributed by atoms with Crippen molar-refractivity contribution < 1.29 is 18.7 Å². The Morgan fingerprint density at radius 2 is 1.94 bits per heavy atom. The van der Waals surface area contributed by atoms with E-state index in [-0.39, 0.29) is 29.9 Å². The number of halogens is 1. The Hall–Kier alpha value is -4.03. The van der Waals surface area contributed by atoms with Gasteiger partial charge in [0.1, 0.15) is 23.2 Å². The molecule has 1 aliphatic heterocycles. The van der Waals surface area contributed by atoms with Crippen molar-refractivity contribution in [2.45, 2.75) is 32.3 Å². The fourth-order valence-corrected chi connectivity index (χ4v) is 4.39. The molecule has 1 aliphatic carbocycles. The first-order valence-electron chi connectivity index (χ1n) is 10.3. The standard InChI is InChI=1S/C24H24FN5O3/c1-23(2,3)33-22(31)30-8-7-15-17(10-26)21(29)24(12-27,13-28)20(18(15)11-30)16-9-14(32-4)5-6-19(16)25/h5-7,9,18,20H,8,11,29H2,1-4H3/t18-,20+/m1/s1. The van der Waals surface area contributed by atoms with Gasteiger partial charge in [-0.2, -0.15) is 15.8 Å². The minimum atomic E-state index is -2.03. The molecule has 0 saturated carbocycles. The van der Waals surface area contributed by atoms with Gasteiger partial charge in [0.05, 0.1) is 30.5 Å². The van der Waals surface area contributed by atoms with Crippen LogP contribution in [0.15, 0.2) is 41.1 Å². The van der Waals surface area contributed by atoms with E-state index in [0.29, 0.717) is 11.3 Å². The van der Waals surface area contributed by atoms with Crippen molar-refractivity contribution in [2.24, 2.45) is 17.1 Å². The molecule has 2 aliphatic rings. The van der Waals surface area contributed by atoms with Gasteiger partial charge >= 0.3 is 6.09 Å². The molecule has 1 aromatic rings. The second-order valence-corrected chi connectivity index (χ2v) is 8.95. The summed E-state index contributed by atoms with van der Waals surface area (Å²) in [7, 11) is 1.41. The maximum absolute atomic E-state index is 15.1. The molecule has 0 bridgehead atoms. The highest BCUT2D eigenvalue weighted by Gasteiger charge is 2.55. The van der Waals surface area contributed by atoms with E-state index in [2.05, 4.69) is 0 Å². The smallest absolute Gasteiger partial charge is 0.410 e. The predicted octanol–water partition coefficient (Wildman–Crippen LogP) is 3.49. The van der Waals surface area contributed by atoms with Crippen LogP contribution in [-0.2, 0) is 4.74 Å². The zero-order valence-corrected chi connectivity index (χ0v) is 18.8. The first-order chi connectivity index (χ1) is 15.5. The zero-order chi connectivity index (χ0) is 24.6. The van der Waals surface area contributed by atoms with E-state index in [1.807, 2.05) is 18.2 Å². The van der Waals surface area contributed by atoms with Crippen molar-refractivity contribution in [3.05, 3.63) is 52.5 Å². The maximum Gasteiger partial charge on any atom is 0.410 e. The highest BCUT2D eigenvalue weighted by molar-refractivity contribution is 5.70. The van der Waals surface area contributed by atoms with Crippen LogP contribution in [0.2, 0.25) is 0 Å². The van der Waals surface area contributed by atoms with E-state index in [0.717, 1.165) is 0 Å². The van der Waals surface area contributed by atoms with Gasteiger partial charge in [-0.1, -0.05) is 6.08 Å². The highest BCUT2D eigenvalue weighted by atomic mass is 19.1. The Kier molecular flexibility index (Phi) is 6.07. The molecule has 9 heteroatoms. The van der Waals surface area contributed by atoms with E-state index < -0.39 is 34.8 Å². The molecule has 0 unspecified atom stereocenters. The molecule has 0 aromatic heterocycles. The fraction of sp³-hybridized carbons (Fsp3) is 0.417. The van der Waals surface area contributed by atoms with Gasteiger partial charge in [0.25, 0.3) is 0 Å². The second kappa shape index (κ2) is 8.48. The van der Waals surface area contributed by atoms with Crippen LogP contribution in [-0.4, -0.2) is 36.8 Å². The van der Waals surface area contributed by atoms with Crippen molar-refractivity contribution in [2.75, 3.05) is 20.2 Å². The number of hydrogen-bond donors (Lipinski definition) is 1. The van der Waals surface area contributed by atoms with Crippen LogP contribution in [0.4, 0.5) is 9.18 Å². The largest absolute Gasteiger partial charge is 0.497 e. The van der Waals surface area contributed by atoms with Crippen molar-refractivity contribution in [1.29, 1.82) is 15.8 Å². The normalized spacial score (nSPS) is 21.6. The van der Waals surface area contributed by atoms with Crippen LogP contribution < -0.4 is 10.5 Å². The third-order valence-electron chi connectivity index (χ3n) is 5.85. The number of rotatable bonds is 2. The van der Waals surface area contributed by atoms with E-state index in [9.17, 15) is 20.6 Å². The quantitative estimate of drug-likeness (QED) is 0.730. The maximum atomic E-state index is 15.1. The summed E-state index contributed by atoms with van der Waals surface area (Å²) in [5.74, 6) is -2.18. The van der Waals surface area contributed by atoms with Gasteiger partial charge in [-0.3, -0.25) is 0 Å². The topological polar surface area (TPSA) is 136 Å². The molecular formula is C24H24FN5O3. The molecule has 0 spiro atoms. The number of nitriles is 3. The van der Waals surface area contributed by atoms with E-state index in [1.54, 1.807) is 26.8 Å². The number of benzene rings is 1. The Morgan fingerprint density at radius 1 is 1.27 bits per heavy atom. The summed E-state index contributed by atoms with van der Waals surface area (Å²) >= 11 is 0. The number of fused-ring (bicyclic) bond motifs is 1. The molecule has 3 rings (SSSR count). The monoisotopic (exact) mass is 449 g/mol. The molecule has 2 atom stereocenters. The number of methoxy groups -OCH3 is 1. The average Bonchev–Trinajstić information content (AvgIpc) is 2.77. The van der Waals surface area contributed by atoms with Crippen molar-refractivity contribution in [1.82, 2.24) is 4.90 Å². The lowest BCUT2D eigenvalue weighted by molar-refractivity contribution is 0.0224. The number of nitrogens with zero attached hydrogens (tertiary/aromatic N) is 4. The summed E-state index contributed by atoms with van der Waals surface area (Å²) in [4.78, 5) is 14.2. The number of ether oxygens (including phenoxy) is 2. The number of carbonyl (C=O) groups is 1. The van der Waals surface area contributed by atoms with Crippen molar-refractivity contribution in [3.8, 4) is 24.0 Å². The SMILES string of the molecule is COc1ccc(F)c([C@H]2[C@@H]3CN(C(=O)OC(C)(C)C)CC=C3C(C#N)=C(N)C2(C#N)C#N)c1. The van der Waals surface area contributed by atoms with Crippen LogP contribution in [0.3, 0.4) is 0 Å². The van der Waals surface area contributed by atoms with Crippen molar-refractivity contribution in [3.63, 3.8) is 0 Å². The predicted molar refractivity (Wildman–Crippen MR) is 116 cm³/mol. The minimum absolute atomic E-state index is 0.00559. The highest BCUT2D eigenvalue weighted by Crippen LogP contribution is 2.55. The van der Waals surface area contributed by atoms with Crippen molar-refractivity contribution >= 4 is 6.09 Å². The molecule has 0 fully saturated rings. The molecule has 0 saturated heterocycles. The first-order valence-corrected chi connectivity index (χ1v) is 10.3. The van der Waals surface area contributed by atoms with Gasteiger partial charge in [-0.25, -0.2) is 9.18 Å². The van der Waals surface area contributed by atoms with Crippen LogP contribution in [0.25, 0.3) is 0 Å².